The number of rotatable bonds is 7. The van der Waals surface area contributed by atoms with Gasteiger partial charge >= 0.3 is 0 Å². The van der Waals surface area contributed by atoms with E-state index < -0.39 is 4.92 Å². The molecule has 2 heterocycles. The number of thiophene rings is 1. The van der Waals surface area contributed by atoms with Crippen LogP contribution in [-0.4, -0.2) is 35.9 Å². The van der Waals surface area contributed by atoms with Crippen molar-refractivity contribution in [1.29, 1.82) is 0 Å². The molecule has 0 radical (unpaired) electrons. The number of benzene rings is 1. The van der Waals surface area contributed by atoms with Crippen molar-refractivity contribution in [3.8, 4) is 5.75 Å². The van der Waals surface area contributed by atoms with Crippen LogP contribution in [0.2, 0.25) is 0 Å². The summed E-state index contributed by atoms with van der Waals surface area (Å²) in [5, 5.41) is 17.9. The molecule has 0 spiro atoms. The summed E-state index contributed by atoms with van der Waals surface area (Å²) in [4.78, 5) is 25.0. The zero-order chi connectivity index (χ0) is 18.5. The van der Waals surface area contributed by atoms with Gasteiger partial charge in [-0.25, -0.2) is 0 Å². The van der Waals surface area contributed by atoms with Crippen LogP contribution in [0.25, 0.3) is 0 Å². The van der Waals surface area contributed by atoms with Gasteiger partial charge in [-0.2, -0.15) is 11.3 Å². The van der Waals surface area contributed by atoms with Crippen molar-refractivity contribution in [2.24, 2.45) is 0 Å². The van der Waals surface area contributed by atoms with Crippen molar-refractivity contribution in [2.45, 2.75) is 25.3 Å². The van der Waals surface area contributed by atoms with E-state index in [-0.39, 0.29) is 17.3 Å². The number of amides is 1. The SMILES string of the molecule is COc1cc([N+](=O)[O-])ccc1NC(=O)CCN1CCCC1c1ccsc1. The Balaban J connectivity index is 1.58. The zero-order valence-corrected chi connectivity index (χ0v) is 15.3. The van der Waals surface area contributed by atoms with Gasteiger partial charge in [0.15, 0.2) is 0 Å². The molecular weight excluding hydrogens is 354 g/mol. The largest absolute Gasteiger partial charge is 0.494 e. The van der Waals surface area contributed by atoms with E-state index in [2.05, 4.69) is 27.0 Å². The van der Waals surface area contributed by atoms with E-state index in [0.29, 0.717) is 24.7 Å². The Morgan fingerprint density at radius 3 is 3.00 bits per heavy atom. The molecular formula is C18H21N3O4S. The first-order valence-electron chi connectivity index (χ1n) is 8.47. The normalized spacial score (nSPS) is 17.2. The van der Waals surface area contributed by atoms with Crippen molar-refractivity contribution in [3.63, 3.8) is 0 Å². The molecule has 1 aromatic carbocycles. The Bertz CT molecular complexity index is 779. The monoisotopic (exact) mass is 375 g/mol. The van der Waals surface area contributed by atoms with Crippen LogP contribution in [0.1, 0.15) is 30.9 Å². The van der Waals surface area contributed by atoms with E-state index in [1.165, 1.54) is 30.9 Å². The maximum Gasteiger partial charge on any atom is 0.273 e. The minimum atomic E-state index is -0.494. The zero-order valence-electron chi connectivity index (χ0n) is 14.5. The fraction of sp³-hybridized carbons (Fsp3) is 0.389. The molecule has 3 rings (SSSR count). The number of ether oxygens (including phenoxy) is 1. The van der Waals surface area contributed by atoms with Crippen molar-refractivity contribution in [1.82, 2.24) is 4.90 Å². The highest BCUT2D eigenvalue weighted by Crippen LogP contribution is 2.33. The number of likely N-dealkylation sites (tertiary alicyclic amines) is 1. The van der Waals surface area contributed by atoms with E-state index in [0.717, 1.165) is 19.4 Å². The highest BCUT2D eigenvalue weighted by atomic mass is 32.1. The summed E-state index contributed by atoms with van der Waals surface area (Å²) in [5.41, 5.74) is 1.69. The lowest BCUT2D eigenvalue weighted by molar-refractivity contribution is -0.384. The predicted molar refractivity (Wildman–Crippen MR) is 101 cm³/mol. The third-order valence-electron chi connectivity index (χ3n) is 4.59. The molecule has 1 aliphatic rings. The lowest BCUT2D eigenvalue weighted by Crippen LogP contribution is -2.27. The van der Waals surface area contributed by atoms with Crippen LogP contribution in [0, 0.1) is 10.1 Å². The van der Waals surface area contributed by atoms with Gasteiger partial charge in [-0.1, -0.05) is 0 Å². The third-order valence-corrected chi connectivity index (χ3v) is 5.29. The summed E-state index contributed by atoms with van der Waals surface area (Å²) in [6.07, 6.45) is 2.62. The smallest absolute Gasteiger partial charge is 0.273 e. The summed E-state index contributed by atoms with van der Waals surface area (Å²) in [5.74, 6) is 0.151. The molecule has 2 aromatic rings. The second-order valence-corrected chi connectivity index (χ2v) is 6.97. The van der Waals surface area contributed by atoms with Gasteiger partial charge in [0.25, 0.3) is 5.69 Å². The number of hydrogen-bond acceptors (Lipinski definition) is 6. The summed E-state index contributed by atoms with van der Waals surface area (Å²) < 4.78 is 5.15. The van der Waals surface area contributed by atoms with E-state index >= 15 is 0 Å². The molecule has 1 fully saturated rings. The highest BCUT2D eigenvalue weighted by molar-refractivity contribution is 7.07. The van der Waals surface area contributed by atoms with E-state index in [1.54, 1.807) is 11.3 Å². The number of anilines is 1. The first-order chi connectivity index (χ1) is 12.6. The van der Waals surface area contributed by atoms with Gasteiger partial charge in [0.1, 0.15) is 5.75 Å². The second-order valence-electron chi connectivity index (χ2n) is 6.19. The maximum atomic E-state index is 12.3. The van der Waals surface area contributed by atoms with Gasteiger partial charge in [0.05, 0.1) is 23.8 Å². The fourth-order valence-corrected chi connectivity index (χ4v) is 4.00. The van der Waals surface area contributed by atoms with Crippen LogP contribution < -0.4 is 10.1 Å². The van der Waals surface area contributed by atoms with Crippen LogP contribution in [0.3, 0.4) is 0 Å². The summed E-state index contributed by atoms with van der Waals surface area (Å²) in [6, 6.07) is 6.70. The van der Waals surface area contributed by atoms with Crippen LogP contribution in [0.4, 0.5) is 11.4 Å². The van der Waals surface area contributed by atoms with Crippen LogP contribution in [-0.2, 0) is 4.79 Å². The molecule has 1 unspecified atom stereocenters. The van der Waals surface area contributed by atoms with Crippen LogP contribution in [0.15, 0.2) is 35.0 Å². The number of carbonyl (C=O) groups excluding carboxylic acids is 1. The summed E-state index contributed by atoms with van der Waals surface area (Å²) in [7, 11) is 1.42. The third kappa shape index (κ3) is 4.20. The maximum absolute atomic E-state index is 12.3. The molecule has 1 saturated heterocycles. The van der Waals surface area contributed by atoms with E-state index in [1.807, 2.05) is 0 Å². The molecule has 0 saturated carbocycles. The van der Waals surface area contributed by atoms with Gasteiger partial charge in [0, 0.05) is 25.1 Å². The van der Waals surface area contributed by atoms with Crippen molar-refractivity contribution < 1.29 is 14.5 Å². The molecule has 1 amide bonds. The number of carbonyl (C=O) groups is 1. The van der Waals surface area contributed by atoms with Crippen molar-refractivity contribution in [2.75, 3.05) is 25.5 Å². The Kier molecular flexibility index (Phi) is 5.85. The van der Waals surface area contributed by atoms with Gasteiger partial charge in [0.2, 0.25) is 5.91 Å². The number of methoxy groups -OCH3 is 1. The molecule has 1 N–H and O–H groups in total. The molecule has 1 atom stereocenters. The molecule has 1 aliphatic heterocycles. The highest BCUT2D eigenvalue weighted by Gasteiger charge is 2.26. The first-order valence-corrected chi connectivity index (χ1v) is 9.41. The van der Waals surface area contributed by atoms with Gasteiger partial charge in [-0.05, 0) is 47.8 Å². The molecule has 138 valence electrons. The van der Waals surface area contributed by atoms with Crippen molar-refractivity contribution >= 4 is 28.6 Å². The Hall–Kier alpha value is -2.45. The van der Waals surface area contributed by atoms with E-state index in [9.17, 15) is 14.9 Å². The first kappa shape index (κ1) is 18.3. The number of nitro groups is 1. The van der Waals surface area contributed by atoms with Crippen LogP contribution >= 0.6 is 11.3 Å². The second kappa shape index (κ2) is 8.29. The average Bonchev–Trinajstić information content (AvgIpc) is 3.31. The molecule has 1 aromatic heterocycles. The number of nitrogens with one attached hydrogen (secondary N) is 1. The number of non-ortho nitro benzene ring substituents is 1. The number of hydrogen-bond donors (Lipinski definition) is 1. The number of nitro benzene ring substituents is 1. The summed E-state index contributed by atoms with van der Waals surface area (Å²) in [6.45, 7) is 1.68. The summed E-state index contributed by atoms with van der Waals surface area (Å²) >= 11 is 1.69. The number of nitrogens with zero attached hydrogens (tertiary/aromatic N) is 2. The van der Waals surface area contributed by atoms with Crippen molar-refractivity contribution in [3.05, 3.63) is 50.7 Å². The minimum absolute atomic E-state index is 0.0736. The molecule has 0 bridgehead atoms. The Morgan fingerprint density at radius 2 is 2.31 bits per heavy atom. The van der Waals surface area contributed by atoms with Crippen LogP contribution in [0.5, 0.6) is 5.75 Å². The fourth-order valence-electron chi connectivity index (χ4n) is 3.29. The average molecular weight is 375 g/mol. The topological polar surface area (TPSA) is 84.7 Å². The molecule has 7 nitrogen and oxygen atoms in total. The van der Waals surface area contributed by atoms with E-state index in [4.69, 9.17) is 4.74 Å². The lowest BCUT2D eigenvalue weighted by Gasteiger charge is -2.23. The van der Waals surface area contributed by atoms with Gasteiger partial charge in [-0.3, -0.25) is 19.8 Å². The lowest BCUT2D eigenvalue weighted by atomic mass is 10.1. The molecule has 0 aliphatic carbocycles. The minimum Gasteiger partial charge on any atom is -0.494 e. The Labute approximate surface area is 155 Å². The molecule has 26 heavy (non-hydrogen) atoms. The predicted octanol–water partition coefficient (Wildman–Crippen LogP) is 3.83. The Morgan fingerprint density at radius 1 is 1.46 bits per heavy atom. The van der Waals surface area contributed by atoms with Gasteiger partial charge < -0.3 is 10.1 Å². The standard InChI is InChI=1S/C18H21N3O4S/c1-25-17-11-14(21(23)24)4-5-15(17)19-18(22)6-9-20-8-2-3-16(20)13-7-10-26-12-13/h4-5,7,10-12,16H,2-3,6,8-9H2,1H3,(H,19,22). The quantitative estimate of drug-likeness (QED) is 0.587. The van der Waals surface area contributed by atoms with Gasteiger partial charge in [-0.15, -0.1) is 0 Å². The molecule has 8 heteroatoms.